The van der Waals surface area contributed by atoms with Crippen molar-refractivity contribution in [1.82, 2.24) is 30.2 Å². The molecule has 3 N–H and O–H groups in total. The van der Waals surface area contributed by atoms with Crippen molar-refractivity contribution in [2.24, 2.45) is 17.8 Å². The Morgan fingerprint density at radius 3 is 2.30 bits per heavy atom. The number of carbonyl (C=O) groups excluding carboxylic acids is 4. The van der Waals surface area contributed by atoms with Crippen molar-refractivity contribution in [2.75, 3.05) is 34.0 Å². The van der Waals surface area contributed by atoms with E-state index in [1.54, 1.807) is 0 Å². The second-order valence-electron chi connectivity index (χ2n) is 17.7. The molecule has 2 aliphatic heterocycles. The first kappa shape index (κ1) is 48.7. The number of hydrogen-bond donors (Lipinski definition) is 3. The number of benzene rings is 1. The van der Waals surface area contributed by atoms with Crippen LogP contribution in [0.5, 0.6) is 11.6 Å². The number of methoxy groups -OCH3 is 2. The second-order valence-corrected chi connectivity index (χ2v) is 19.8. The van der Waals surface area contributed by atoms with Crippen LogP contribution in [0.15, 0.2) is 18.2 Å². The van der Waals surface area contributed by atoms with Gasteiger partial charge in [0.15, 0.2) is 0 Å². The summed E-state index contributed by atoms with van der Waals surface area (Å²) in [4.78, 5) is 65.4. The lowest BCUT2D eigenvalue weighted by atomic mass is 9.86. The third kappa shape index (κ3) is 10.1. The van der Waals surface area contributed by atoms with Gasteiger partial charge in [0.2, 0.25) is 39.0 Å². The molecular weight excluding hydrogens is 890 g/mol. The molecule has 0 radical (unpaired) electrons. The Morgan fingerprint density at radius 2 is 1.69 bits per heavy atom. The SMILES string of the molecule is COC[C@@H]1C[C@@H](C)CCCC[C@H]2C[C@@]2(C(=O)NS(=O)(=O)C2(CF)CC2)NC(=O)[C@@H]2C[C@@H](Oc3nc4cc(OC)ccc4nc3C(F)(F)F)CN2C(=O)[C@H]1NC(=O)OC(C)(C)C(F)(F)F. The lowest BCUT2D eigenvalue weighted by molar-refractivity contribution is -0.244. The van der Waals surface area contributed by atoms with E-state index in [4.69, 9.17) is 18.9 Å². The number of ether oxygens (including phenoxy) is 4. The predicted molar refractivity (Wildman–Crippen MR) is 211 cm³/mol. The zero-order valence-corrected chi connectivity index (χ0v) is 36.5. The molecule has 1 aromatic carbocycles. The molecule has 6 rings (SSSR count). The molecule has 2 aromatic rings. The van der Waals surface area contributed by atoms with Crippen molar-refractivity contribution >= 4 is 44.9 Å². The highest BCUT2D eigenvalue weighted by molar-refractivity contribution is 7.91. The molecule has 1 aromatic heterocycles. The third-order valence-corrected chi connectivity index (χ3v) is 14.7. The summed E-state index contributed by atoms with van der Waals surface area (Å²) in [5.41, 5.74) is -6.70. The van der Waals surface area contributed by atoms with Gasteiger partial charge in [0.1, 0.15) is 40.9 Å². The zero-order valence-electron chi connectivity index (χ0n) is 35.7. The Balaban J connectivity index is 1.41. The lowest BCUT2D eigenvalue weighted by Crippen LogP contribution is -2.60. The second kappa shape index (κ2) is 17.9. The molecule has 16 nitrogen and oxygen atoms in total. The molecule has 2 aliphatic carbocycles. The van der Waals surface area contributed by atoms with Gasteiger partial charge < -0.3 is 34.5 Å². The minimum atomic E-state index is -5.13. The molecule has 0 bridgehead atoms. The first-order chi connectivity index (χ1) is 29.8. The minimum Gasteiger partial charge on any atom is -0.497 e. The van der Waals surface area contributed by atoms with Gasteiger partial charge in [-0.3, -0.25) is 19.1 Å². The maximum Gasteiger partial charge on any atom is 0.438 e. The Kier molecular flexibility index (Phi) is 13.6. The fraction of sp³-hybridized carbons (Fsp3) is 0.700. The van der Waals surface area contributed by atoms with Crippen molar-refractivity contribution < 1.29 is 77.3 Å². The van der Waals surface area contributed by atoms with Gasteiger partial charge in [-0.25, -0.2) is 27.6 Å². The minimum absolute atomic E-state index is 0.0423. The van der Waals surface area contributed by atoms with E-state index in [-0.39, 0.29) is 55.0 Å². The molecule has 2 saturated carbocycles. The van der Waals surface area contributed by atoms with Gasteiger partial charge in [-0.1, -0.05) is 26.2 Å². The summed E-state index contributed by atoms with van der Waals surface area (Å²) in [7, 11) is -1.96. The standard InChI is InChI=1S/C40H51F7N6O10S/c1-21-8-6-7-9-23-17-38(23,34(56)52-64(58,59)37(20-41)12-13-37)51-31(54)28-16-25(62-32-30(39(42,43)44)48-26-11-10-24(61-5)15-27(26)49-32)18-53(28)33(55)29(22(14-21)19-60-4)50-35(57)63-36(2,3)40(45,46)47/h10-11,15,21-23,25,28-29H,6-9,12-14,16-20H2,1-5H3,(H,50,57)(H,51,54)(H,52,56)/t21-,22-,23-,25+,28-,29-,38+/m0/s1. The van der Waals surface area contributed by atoms with Gasteiger partial charge in [0, 0.05) is 25.5 Å². The number of sulfonamides is 1. The van der Waals surface area contributed by atoms with Crippen LogP contribution in [-0.2, 0) is 40.1 Å². The highest BCUT2D eigenvalue weighted by Crippen LogP contribution is 2.49. The van der Waals surface area contributed by atoms with Crippen LogP contribution in [0.1, 0.15) is 84.3 Å². The van der Waals surface area contributed by atoms with Crippen LogP contribution < -0.4 is 24.8 Å². The number of rotatable bonds is 11. The average molecular weight is 941 g/mol. The summed E-state index contributed by atoms with van der Waals surface area (Å²) in [5, 5.41) is 4.85. The first-order valence-electron chi connectivity index (χ1n) is 20.7. The molecule has 0 spiro atoms. The topological polar surface area (TPSA) is 204 Å². The average Bonchev–Trinajstić information content (AvgIpc) is 4.11. The Hall–Kier alpha value is -4.74. The van der Waals surface area contributed by atoms with Crippen molar-refractivity contribution in [1.29, 1.82) is 0 Å². The highest BCUT2D eigenvalue weighted by atomic mass is 32.2. The third-order valence-electron chi connectivity index (χ3n) is 12.6. The summed E-state index contributed by atoms with van der Waals surface area (Å²) in [6.45, 7) is 0.847. The highest BCUT2D eigenvalue weighted by Gasteiger charge is 2.64. The summed E-state index contributed by atoms with van der Waals surface area (Å²) in [6.07, 6.45) is -12.0. The van der Waals surface area contributed by atoms with Gasteiger partial charge >= 0.3 is 18.4 Å². The van der Waals surface area contributed by atoms with E-state index < -0.39 is 123 Å². The van der Waals surface area contributed by atoms with Gasteiger partial charge in [-0.15, -0.1) is 0 Å². The Morgan fingerprint density at radius 1 is 1.00 bits per heavy atom. The van der Waals surface area contributed by atoms with E-state index in [2.05, 4.69) is 20.6 Å². The molecule has 2 saturated heterocycles. The van der Waals surface area contributed by atoms with E-state index >= 15 is 0 Å². The Bertz CT molecular complexity index is 2230. The predicted octanol–water partition coefficient (Wildman–Crippen LogP) is 5.13. The van der Waals surface area contributed by atoms with E-state index in [0.29, 0.717) is 39.5 Å². The van der Waals surface area contributed by atoms with Crippen molar-refractivity contribution in [3.05, 3.63) is 23.9 Å². The van der Waals surface area contributed by atoms with Crippen LogP contribution in [0, 0.1) is 17.8 Å². The van der Waals surface area contributed by atoms with Crippen molar-refractivity contribution in [3.63, 3.8) is 0 Å². The normalized spacial score (nSPS) is 27.8. The Labute approximate surface area is 364 Å². The summed E-state index contributed by atoms with van der Waals surface area (Å²) in [5.74, 6) is -5.91. The molecule has 24 heteroatoms. The van der Waals surface area contributed by atoms with E-state index in [1.807, 2.05) is 11.6 Å². The van der Waals surface area contributed by atoms with Crippen LogP contribution in [0.25, 0.3) is 11.0 Å². The maximum atomic E-state index is 14.9. The van der Waals surface area contributed by atoms with Crippen LogP contribution >= 0.6 is 0 Å². The maximum absolute atomic E-state index is 14.9. The lowest BCUT2D eigenvalue weighted by Gasteiger charge is -2.35. The first-order valence-corrected chi connectivity index (χ1v) is 22.2. The van der Waals surface area contributed by atoms with E-state index in [0.717, 1.165) is 4.90 Å². The summed E-state index contributed by atoms with van der Waals surface area (Å²) < 4.78 is 147. The number of carbonyl (C=O) groups is 4. The molecule has 0 unspecified atom stereocenters. The number of halogens is 7. The van der Waals surface area contributed by atoms with Gasteiger partial charge in [-0.2, -0.15) is 26.3 Å². The molecule has 3 heterocycles. The number of aromatic nitrogens is 2. The molecule has 64 heavy (non-hydrogen) atoms. The monoisotopic (exact) mass is 940 g/mol. The molecule has 356 valence electrons. The quantitative estimate of drug-likeness (QED) is 0.251. The number of nitrogens with one attached hydrogen (secondary N) is 3. The van der Waals surface area contributed by atoms with Gasteiger partial charge in [0.05, 0.1) is 31.3 Å². The molecule has 4 fully saturated rings. The smallest absolute Gasteiger partial charge is 0.438 e. The van der Waals surface area contributed by atoms with E-state index in [9.17, 15) is 58.3 Å². The molecule has 7 atom stereocenters. The fourth-order valence-electron chi connectivity index (χ4n) is 8.39. The van der Waals surface area contributed by atoms with Crippen molar-refractivity contribution in [2.45, 2.75) is 125 Å². The number of hydrogen-bond acceptors (Lipinski definition) is 12. The van der Waals surface area contributed by atoms with E-state index in [1.165, 1.54) is 32.4 Å². The number of fused-ring (bicyclic) bond motifs is 3. The van der Waals surface area contributed by atoms with Crippen LogP contribution in [0.4, 0.5) is 35.5 Å². The molecule has 4 aliphatic rings. The number of amides is 4. The molecule has 4 amide bonds. The van der Waals surface area contributed by atoms with Crippen molar-refractivity contribution in [3.8, 4) is 11.6 Å². The number of alkyl halides is 7. The van der Waals surface area contributed by atoms with Gasteiger partial charge in [0.25, 0.3) is 5.91 Å². The number of alkyl carbamates (subject to hydrolysis) is 1. The summed E-state index contributed by atoms with van der Waals surface area (Å²) >= 11 is 0. The fourth-order valence-corrected chi connectivity index (χ4v) is 9.81. The molecular formula is C40H51F7N6O10S. The van der Waals surface area contributed by atoms with Crippen LogP contribution in [0.3, 0.4) is 0 Å². The summed E-state index contributed by atoms with van der Waals surface area (Å²) in [6, 6.07) is 0.437. The van der Waals surface area contributed by atoms with Crippen LogP contribution in [0.2, 0.25) is 0 Å². The van der Waals surface area contributed by atoms with Gasteiger partial charge in [-0.05, 0) is 69.9 Å². The zero-order chi connectivity index (χ0) is 47.2. The van der Waals surface area contributed by atoms with Crippen LogP contribution in [-0.4, -0.2) is 121 Å². The largest absolute Gasteiger partial charge is 0.497 e. The number of nitrogens with zero attached hydrogens (tertiary/aromatic N) is 3.